The van der Waals surface area contributed by atoms with E-state index in [9.17, 15) is 0 Å². The zero-order valence-corrected chi connectivity index (χ0v) is 7.47. The summed E-state index contributed by atoms with van der Waals surface area (Å²) in [5.41, 5.74) is 3.01. The zero-order valence-electron chi connectivity index (χ0n) is 7.47. The Labute approximate surface area is 73.3 Å². The third kappa shape index (κ3) is 1.32. The lowest BCUT2D eigenvalue weighted by molar-refractivity contribution is 0.0690. The van der Waals surface area contributed by atoms with Crippen LogP contribution in [0.4, 0.5) is 0 Å². The fraction of sp³-hybridized carbons (Fsp3) is 0.600. The first kappa shape index (κ1) is 8.02. The molecule has 1 heterocycles. The largest absolute Gasteiger partial charge is 0.372 e. The quantitative estimate of drug-likeness (QED) is 0.665. The molecule has 1 aliphatic carbocycles. The second-order valence-corrected chi connectivity index (χ2v) is 3.32. The van der Waals surface area contributed by atoms with Crippen LogP contribution in [0.3, 0.4) is 0 Å². The average molecular weight is 165 g/mol. The Morgan fingerprint density at radius 1 is 1.67 bits per heavy atom. The third-order valence-electron chi connectivity index (χ3n) is 2.54. The summed E-state index contributed by atoms with van der Waals surface area (Å²) in [5.74, 6) is 0. The van der Waals surface area contributed by atoms with Crippen LogP contribution in [0.1, 0.15) is 12.8 Å². The second-order valence-electron chi connectivity index (χ2n) is 3.32. The Hall–Kier alpha value is -0.600. The van der Waals surface area contributed by atoms with Crippen LogP contribution in [-0.4, -0.2) is 26.3 Å². The lowest BCUT2D eigenvalue weighted by Gasteiger charge is -2.25. The predicted molar refractivity (Wildman–Crippen MR) is 49.1 cm³/mol. The highest BCUT2D eigenvalue weighted by Crippen LogP contribution is 2.29. The molecule has 2 aliphatic rings. The van der Waals surface area contributed by atoms with Crippen LogP contribution in [-0.2, 0) is 4.74 Å². The van der Waals surface area contributed by atoms with E-state index in [0.29, 0.717) is 6.10 Å². The molecular formula is C10H15NO. The number of hydrogen-bond acceptors (Lipinski definition) is 2. The molecule has 66 valence electrons. The Morgan fingerprint density at radius 3 is 3.42 bits per heavy atom. The van der Waals surface area contributed by atoms with Gasteiger partial charge in [-0.3, -0.25) is 0 Å². The van der Waals surface area contributed by atoms with E-state index in [-0.39, 0.29) is 0 Å². The van der Waals surface area contributed by atoms with Gasteiger partial charge in [0, 0.05) is 6.54 Å². The van der Waals surface area contributed by atoms with Gasteiger partial charge in [0.15, 0.2) is 0 Å². The first-order chi connectivity index (χ1) is 5.92. The lowest BCUT2D eigenvalue weighted by Crippen LogP contribution is -2.31. The number of likely N-dealkylation sites (N-methyl/N-ethyl adjacent to an activating group) is 1. The van der Waals surface area contributed by atoms with E-state index in [0.717, 1.165) is 26.0 Å². The maximum absolute atomic E-state index is 5.67. The molecule has 0 saturated heterocycles. The van der Waals surface area contributed by atoms with E-state index >= 15 is 0 Å². The molecule has 0 unspecified atom stereocenters. The minimum atomic E-state index is 0.328. The summed E-state index contributed by atoms with van der Waals surface area (Å²) in [6, 6.07) is 0. The molecule has 0 radical (unpaired) electrons. The molecule has 1 N–H and O–H groups in total. The van der Waals surface area contributed by atoms with Gasteiger partial charge in [0.1, 0.15) is 0 Å². The van der Waals surface area contributed by atoms with Crippen LogP contribution >= 0.6 is 0 Å². The number of ether oxygens (including phenoxy) is 1. The Morgan fingerprint density at radius 2 is 2.58 bits per heavy atom. The van der Waals surface area contributed by atoms with Gasteiger partial charge in [-0.25, -0.2) is 0 Å². The molecule has 0 fully saturated rings. The van der Waals surface area contributed by atoms with Crippen LogP contribution in [0.25, 0.3) is 0 Å². The molecule has 0 aromatic heterocycles. The Bertz CT molecular complexity index is 230. The molecule has 2 rings (SSSR count). The van der Waals surface area contributed by atoms with E-state index in [2.05, 4.69) is 17.5 Å². The van der Waals surface area contributed by atoms with Crippen LogP contribution in [0.2, 0.25) is 0 Å². The summed E-state index contributed by atoms with van der Waals surface area (Å²) in [6.07, 6.45) is 7.02. The second kappa shape index (κ2) is 3.42. The molecular weight excluding hydrogens is 150 g/mol. The number of nitrogens with one attached hydrogen (secondary N) is 1. The van der Waals surface area contributed by atoms with Crippen LogP contribution < -0.4 is 5.32 Å². The molecule has 2 heteroatoms. The fourth-order valence-electron chi connectivity index (χ4n) is 1.93. The SMILES string of the molecule is CNC[C@H]1OCCC2=C1CC=C2. The van der Waals surface area contributed by atoms with Crippen molar-refractivity contribution in [3.8, 4) is 0 Å². The summed E-state index contributed by atoms with van der Waals surface area (Å²) >= 11 is 0. The van der Waals surface area contributed by atoms with E-state index < -0.39 is 0 Å². The summed E-state index contributed by atoms with van der Waals surface area (Å²) < 4.78 is 5.67. The van der Waals surface area contributed by atoms with Gasteiger partial charge in [0.2, 0.25) is 0 Å². The van der Waals surface area contributed by atoms with Gasteiger partial charge in [-0.2, -0.15) is 0 Å². The van der Waals surface area contributed by atoms with Gasteiger partial charge in [0.05, 0.1) is 12.7 Å². The molecule has 0 aromatic rings. The summed E-state index contributed by atoms with van der Waals surface area (Å²) in [5, 5.41) is 3.16. The average Bonchev–Trinajstić information content (AvgIpc) is 2.53. The Balaban J connectivity index is 2.11. The standard InChI is InChI=1S/C10H15NO/c1-11-7-10-9-4-2-3-8(9)5-6-12-10/h2-3,10-11H,4-7H2,1H3/t10-/m1/s1. The van der Waals surface area contributed by atoms with Crippen molar-refractivity contribution < 1.29 is 4.74 Å². The molecule has 0 spiro atoms. The van der Waals surface area contributed by atoms with E-state index in [1.165, 1.54) is 11.1 Å². The highest BCUT2D eigenvalue weighted by molar-refractivity contribution is 5.37. The highest BCUT2D eigenvalue weighted by Gasteiger charge is 2.23. The number of hydrogen-bond donors (Lipinski definition) is 1. The molecule has 1 aliphatic heterocycles. The minimum absolute atomic E-state index is 0.328. The normalized spacial score (nSPS) is 27.9. The minimum Gasteiger partial charge on any atom is -0.372 e. The van der Waals surface area contributed by atoms with Crippen molar-refractivity contribution in [3.05, 3.63) is 23.3 Å². The monoisotopic (exact) mass is 165 g/mol. The van der Waals surface area contributed by atoms with E-state index in [1.807, 2.05) is 7.05 Å². The summed E-state index contributed by atoms with van der Waals surface area (Å²) in [7, 11) is 1.97. The van der Waals surface area contributed by atoms with Crippen molar-refractivity contribution in [2.45, 2.75) is 18.9 Å². The molecule has 2 nitrogen and oxygen atoms in total. The van der Waals surface area contributed by atoms with Crippen LogP contribution in [0, 0.1) is 0 Å². The smallest absolute Gasteiger partial charge is 0.0918 e. The van der Waals surface area contributed by atoms with Gasteiger partial charge in [0.25, 0.3) is 0 Å². The van der Waals surface area contributed by atoms with Crippen molar-refractivity contribution in [3.63, 3.8) is 0 Å². The molecule has 12 heavy (non-hydrogen) atoms. The highest BCUT2D eigenvalue weighted by atomic mass is 16.5. The van der Waals surface area contributed by atoms with Gasteiger partial charge in [-0.1, -0.05) is 12.2 Å². The molecule has 0 aromatic carbocycles. The molecule has 0 bridgehead atoms. The third-order valence-corrected chi connectivity index (χ3v) is 2.54. The van der Waals surface area contributed by atoms with Crippen molar-refractivity contribution in [1.82, 2.24) is 5.32 Å². The lowest BCUT2D eigenvalue weighted by atomic mass is 10.00. The van der Waals surface area contributed by atoms with E-state index in [4.69, 9.17) is 4.74 Å². The van der Waals surface area contributed by atoms with E-state index in [1.54, 1.807) is 0 Å². The topological polar surface area (TPSA) is 21.3 Å². The predicted octanol–water partition coefficient (Wildman–Crippen LogP) is 1.25. The van der Waals surface area contributed by atoms with Crippen molar-refractivity contribution >= 4 is 0 Å². The van der Waals surface area contributed by atoms with Gasteiger partial charge in [-0.05, 0) is 31.0 Å². The zero-order chi connectivity index (χ0) is 8.39. The fourth-order valence-corrected chi connectivity index (χ4v) is 1.93. The van der Waals surface area contributed by atoms with Crippen LogP contribution in [0.5, 0.6) is 0 Å². The number of rotatable bonds is 2. The van der Waals surface area contributed by atoms with Crippen molar-refractivity contribution in [1.29, 1.82) is 0 Å². The maximum Gasteiger partial charge on any atom is 0.0918 e. The van der Waals surface area contributed by atoms with Gasteiger partial charge >= 0.3 is 0 Å². The Kier molecular flexibility index (Phi) is 2.28. The maximum atomic E-state index is 5.67. The van der Waals surface area contributed by atoms with Gasteiger partial charge in [-0.15, -0.1) is 0 Å². The summed E-state index contributed by atoms with van der Waals surface area (Å²) in [4.78, 5) is 0. The first-order valence-corrected chi connectivity index (χ1v) is 4.56. The number of allylic oxidation sites excluding steroid dienone is 2. The summed E-state index contributed by atoms with van der Waals surface area (Å²) in [6.45, 7) is 1.83. The van der Waals surface area contributed by atoms with Crippen LogP contribution in [0.15, 0.2) is 23.3 Å². The van der Waals surface area contributed by atoms with Crippen molar-refractivity contribution in [2.75, 3.05) is 20.2 Å². The molecule has 1 atom stereocenters. The molecule has 0 saturated carbocycles. The van der Waals surface area contributed by atoms with Gasteiger partial charge < -0.3 is 10.1 Å². The first-order valence-electron chi connectivity index (χ1n) is 4.56. The van der Waals surface area contributed by atoms with Crippen molar-refractivity contribution in [2.24, 2.45) is 0 Å². The molecule has 0 amide bonds.